The lowest BCUT2D eigenvalue weighted by Gasteiger charge is -2.60. The number of hydrogen-bond acceptors (Lipinski definition) is 3. The van der Waals surface area contributed by atoms with Crippen LogP contribution in [0.5, 0.6) is 0 Å². The van der Waals surface area contributed by atoms with E-state index in [1.54, 1.807) is 6.20 Å². The van der Waals surface area contributed by atoms with Crippen molar-refractivity contribution in [2.45, 2.75) is 24.9 Å². The SMILES string of the molecule is [BH3-][N+]12CCC(CC1)C(O)(CNC(=S)Cc1cccnc1)C2. The minimum absolute atomic E-state index is 0.232. The Hall–Kier alpha value is -0.975. The van der Waals surface area contributed by atoms with E-state index < -0.39 is 5.60 Å². The van der Waals surface area contributed by atoms with Crippen LogP contribution in [0.3, 0.4) is 0 Å². The third-order valence-electron chi connectivity index (χ3n) is 4.52. The Morgan fingerprint density at radius 1 is 1.52 bits per heavy atom. The van der Waals surface area contributed by atoms with Crippen molar-refractivity contribution >= 4 is 25.2 Å². The highest BCUT2D eigenvalue weighted by molar-refractivity contribution is 7.80. The molecule has 3 saturated heterocycles. The smallest absolute Gasteiger partial charge is 0.169 e. The molecule has 1 aromatic heterocycles. The molecule has 0 aliphatic carbocycles. The van der Waals surface area contributed by atoms with Crippen molar-refractivity contribution in [2.75, 3.05) is 26.2 Å². The molecule has 114 valence electrons. The van der Waals surface area contributed by atoms with Gasteiger partial charge in [0.05, 0.1) is 11.5 Å². The summed E-state index contributed by atoms with van der Waals surface area (Å²) in [5, 5.41) is 14.3. The van der Waals surface area contributed by atoms with Crippen LogP contribution in [0.4, 0.5) is 0 Å². The van der Waals surface area contributed by atoms with Crippen molar-refractivity contribution in [3.8, 4) is 0 Å². The van der Waals surface area contributed by atoms with Crippen LogP contribution in [0.2, 0.25) is 0 Å². The van der Waals surface area contributed by atoms with Crippen LogP contribution >= 0.6 is 12.2 Å². The highest BCUT2D eigenvalue weighted by atomic mass is 32.1. The minimum Gasteiger partial charge on any atom is -0.520 e. The number of nitrogens with zero attached hydrogens (tertiary/aromatic N) is 2. The summed E-state index contributed by atoms with van der Waals surface area (Å²) < 4.78 is 1.25. The quantitative estimate of drug-likeness (QED) is 0.597. The molecule has 3 aliphatic heterocycles. The number of nitrogens with one attached hydrogen (secondary N) is 1. The molecule has 2 bridgehead atoms. The number of fused-ring (bicyclic) bond motifs is 3. The van der Waals surface area contributed by atoms with Crippen LogP contribution in [-0.2, 0) is 6.42 Å². The third-order valence-corrected chi connectivity index (χ3v) is 4.81. The molecule has 1 atom stereocenters. The summed E-state index contributed by atoms with van der Waals surface area (Å²) >= 11 is 5.43. The van der Waals surface area contributed by atoms with Gasteiger partial charge in [0.2, 0.25) is 0 Å². The Balaban J connectivity index is 1.56. The minimum atomic E-state index is -0.544. The molecule has 4 heterocycles. The number of piperidine rings is 3. The van der Waals surface area contributed by atoms with E-state index in [0.29, 0.717) is 18.9 Å². The Morgan fingerprint density at radius 2 is 2.29 bits per heavy atom. The van der Waals surface area contributed by atoms with Crippen LogP contribution in [0.1, 0.15) is 18.4 Å². The van der Waals surface area contributed by atoms with Gasteiger partial charge in [-0.1, -0.05) is 18.3 Å². The van der Waals surface area contributed by atoms with E-state index in [9.17, 15) is 5.11 Å². The zero-order chi connectivity index (χ0) is 14.9. The lowest BCUT2D eigenvalue weighted by molar-refractivity contribution is -0.846. The van der Waals surface area contributed by atoms with E-state index in [1.807, 2.05) is 18.3 Å². The molecule has 3 fully saturated rings. The van der Waals surface area contributed by atoms with Crippen LogP contribution < -0.4 is 5.32 Å². The number of aromatic nitrogens is 1. The predicted octanol–water partition coefficient (Wildman–Crippen LogP) is -0.207. The molecule has 2 N–H and O–H groups in total. The molecular weight excluding hydrogens is 281 g/mol. The molecule has 21 heavy (non-hydrogen) atoms. The van der Waals surface area contributed by atoms with Crippen LogP contribution in [-0.4, -0.2) is 59.2 Å². The van der Waals surface area contributed by atoms with Crippen molar-refractivity contribution in [1.29, 1.82) is 0 Å². The Kier molecular flexibility index (Phi) is 4.03. The van der Waals surface area contributed by atoms with Gasteiger partial charge in [-0.2, -0.15) is 0 Å². The predicted molar refractivity (Wildman–Crippen MR) is 91.0 cm³/mol. The van der Waals surface area contributed by atoms with Crippen molar-refractivity contribution in [3.05, 3.63) is 30.1 Å². The lowest BCUT2D eigenvalue weighted by Crippen LogP contribution is -2.70. The van der Waals surface area contributed by atoms with Gasteiger partial charge in [-0.15, -0.1) is 0 Å². The summed E-state index contributed by atoms with van der Waals surface area (Å²) in [7, 11) is 0.232. The highest BCUT2D eigenvalue weighted by Crippen LogP contribution is 2.38. The van der Waals surface area contributed by atoms with Crippen molar-refractivity contribution in [2.24, 2.45) is 5.92 Å². The standard InChI is InChI=1S/C15H24BN3OS/c16-19-6-3-13(4-7-19)15(20,11-19)10-18-14(21)8-12-2-1-5-17-9-12/h1-2,5,9,13,20H,3-4,6-8,10-11H2,16H3,(H,18,21). The highest BCUT2D eigenvalue weighted by Gasteiger charge is 2.49. The number of rotatable bonds is 4. The van der Waals surface area contributed by atoms with Gasteiger partial charge < -0.3 is 14.8 Å². The number of quaternary nitrogens is 1. The van der Waals surface area contributed by atoms with Crippen molar-refractivity contribution in [3.63, 3.8) is 0 Å². The first-order chi connectivity index (χ1) is 9.99. The summed E-state index contributed by atoms with van der Waals surface area (Å²) in [5.41, 5.74) is 0.574. The zero-order valence-corrected chi connectivity index (χ0v) is 12.4. The van der Waals surface area contributed by atoms with Gasteiger partial charge in [-0.3, -0.25) is 4.98 Å². The number of aliphatic hydroxyl groups is 1. The summed E-state index contributed by atoms with van der Waals surface area (Å²) in [6.07, 6.45) is 6.71. The second-order valence-corrected chi connectivity index (χ2v) is 6.46. The average molecular weight is 305 g/mol. The van der Waals surface area contributed by atoms with Crippen LogP contribution in [0, 0.1) is 5.92 Å². The van der Waals surface area contributed by atoms with Crippen LogP contribution in [0.15, 0.2) is 24.5 Å². The number of thiocarbonyl (C=S) groups is 1. The average Bonchev–Trinajstić information content (AvgIpc) is 2.46. The lowest BCUT2D eigenvalue weighted by atomic mass is 9.71. The molecule has 0 amide bonds. The maximum Gasteiger partial charge on any atom is 0.169 e. The van der Waals surface area contributed by atoms with E-state index in [2.05, 4.69) is 10.3 Å². The fourth-order valence-electron chi connectivity index (χ4n) is 3.35. The summed E-state index contributed by atoms with van der Waals surface area (Å²) in [6.45, 7) is 4.20. The molecule has 3 aliphatic rings. The molecular formula is C15H24BN3OS. The second-order valence-electron chi connectivity index (χ2n) is 5.97. The van der Waals surface area contributed by atoms with Gasteiger partial charge in [-0.05, 0) is 24.5 Å². The van der Waals surface area contributed by atoms with Crippen LogP contribution in [0.25, 0.3) is 0 Å². The summed E-state index contributed by atoms with van der Waals surface area (Å²) in [6, 6.07) is 3.96. The molecule has 0 aromatic carbocycles. The third kappa shape index (κ3) is 3.28. The topological polar surface area (TPSA) is 45.1 Å². The van der Waals surface area contributed by atoms with Gasteiger partial charge in [0, 0.05) is 44.4 Å². The largest absolute Gasteiger partial charge is 0.520 e. The van der Waals surface area contributed by atoms with E-state index in [0.717, 1.165) is 17.1 Å². The number of hydrogen-bond donors (Lipinski definition) is 2. The molecule has 6 heteroatoms. The Labute approximate surface area is 132 Å². The van der Waals surface area contributed by atoms with E-state index in [4.69, 9.17) is 12.2 Å². The Bertz CT molecular complexity index is 519. The Morgan fingerprint density at radius 3 is 2.90 bits per heavy atom. The number of pyridine rings is 1. The molecule has 1 aromatic rings. The molecule has 0 spiro atoms. The van der Waals surface area contributed by atoms with Gasteiger partial charge >= 0.3 is 0 Å². The van der Waals surface area contributed by atoms with Gasteiger partial charge in [0.25, 0.3) is 0 Å². The first-order valence-corrected chi connectivity index (χ1v) is 7.67. The van der Waals surface area contributed by atoms with Gasteiger partial charge in [0.1, 0.15) is 5.60 Å². The first kappa shape index (κ1) is 14.9. The van der Waals surface area contributed by atoms with Gasteiger partial charge in [0.15, 0.2) is 7.98 Å². The second kappa shape index (κ2) is 5.67. The maximum absolute atomic E-state index is 11.0. The maximum atomic E-state index is 11.0. The fourth-order valence-corrected chi connectivity index (χ4v) is 3.59. The molecule has 0 saturated carbocycles. The van der Waals surface area contributed by atoms with E-state index >= 15 is 0 Å². The zero-order valence-electron chi connectivity index (χ0n) is 11.6. The monoisotopic (exact) mass is 305 g/mol. The molecule has 0 radical (unpaired) electrons. The first-order valence-electron chi connectivity index (χ1n) is 7.26. The fraction of sp³-hybridized carbons (Fsp3) is 0.600. The summed E-state index contributed by atoms with van der Waals surface area (Å²) in [5.74, 6) is 0.462. The molecule has 1 unspecified atom stereocenters. The summed E-state index contributed by atoms with van der Waals surface area (Å²) in [4.78, 5) is 4.92. The van der Waals surface area contributed by atoms with Crippen molar-refractivity contribution in [1.82, 2.24) is 10.3 Å². The van der Waals surface area contributed by atoms with E-state index in [1.165, 1.54) is 30.3 Å². The van der Waals surface area contributed by atoms with Crippen molar-refractivity contribution < 1.29 is 9.50 Å². The van der Waals surface area contributed by atoms with Gasteiger partial charge in [-0.25, -0.2) is 0 Å². The van der Waals surface area contributed by atoms with E-state index in [-0.39, 0.29) is 7.98 Å². The normalized spacial score (nSPS) is 34.7. The molecule has 4 nitrogen and oxygen atoms in total. The molecule has 4 rings (SSSR count).